The zero-order valence-corrected chi connectivity index (χ0v) is 13.6. The zero-order valence-electron chi connectivity index (χ0n) is 12.7. The molecule has 4 nitrogen and oxygen atoms in total. The third kappa shape index (κ3) is 4.08. The van der Waals surface area contributed by atoms with Crippen molar-refractivity contribution in [2.75, 3.05) is 11.5 Å². The number of para-hydroxylation sites is 1. The van der Waals surface area contributed by atoms with Gasteiger partial charge >= 0.3 is 0 Å². The van der Waals surface area contributed by atoms with Crippen molar-refractivity contribution < 1.29 is 8.42 Å². The minimum absolute atomic E-state index is 0.111. The summed E-state index contributed by atoms with van der Waals surface area (Å²) < 4.78 is 25.3. The Morgan fingerprint density at radius 1 is 1.29 bits per heavy atom. The zero-order chi connectivity index (χ0) is 15.5. The van der Waals surface area contributed by atoms with Crippen molar-refractivity contribution in [3.05, 3.63) is 36.0 Å². The topological polar surface area (TPSA) is 65.1 Å². The van der Waals surface area contributed by atoms with Crippen molar-refractivity contribution in [3.63, 3.8) is 0 Å². The third-order valence-electron chi connectivity index (χ3n) is 3.71. The molecule has 0 aliphatic heterocycles. The van der Waals surface area contributed by atoms with Gasteiger partial charge in [0.25, 0.3) is 0 Å². The van der Waals surface area contributed by atoms with Crippen LogP contribution in [0, 0.1) is 0 Å². The van der Waals surface area contributed by atoms with E-state index < -0.39 is 9.84 Å². The standard InChI is InChI=1S/C16H24N2O2S/c1-3-21(19,20)11-5-9-18-10-8-14-6-4-7-15(16(14)18)12-13(2)17/h4,6-8,10,13H,3,5,9,11-12,17H2,1-2H3. The first kappa shape index (κ1) is 16.0. The lowest BCUT2D eigenvalue weighted by Crippen LogP contribution is -2.18. The number of rotatable bonds is 7. The van der Waals surface area contributed by atoms with Crippen molar-refractivity contribution in [3.8, 4) is 0 Å². The van der Waals surface area contributed by atoms with E-state index in [1.54, 1.807) is 6.92 Å². The van der Waals surface area contributed by atoms with E-state index in [0.717, 1.165) is 13.0 Å². The third-order valence-corrected chi connectivity index (χ3v) is 5.50. The maximum absolute atomic E-state index is 11.6. The van der Waals surface area contributed by atoms with Gasteiger partial charge in [-0.25, -0.2) is 8.42 Å². The Morgan fingerprint density at radius 2 is 2.05 bits per heavy atom. The average molecular weight is 308 g/mol. The van der Waals surface area contributed by atoms with Gasteiger partial charge < -0.3 is 10.3 Å². The first-order valence-electron chi connectivity index (χ1n) is 7.45. The van der Waals surface area contributed by atoms with Crippen LogP contribution in [0.2, 0.25) is 0 Å². The average Bonchev–Trinajstić information content (AvgIpc) is 2.82. The second-order valence-electron chi connectivity index (χ2n) is 5.64. The van der Waals surface area contributed by atoms with Crippen molar-refractivity contribution in [1.29, 1.82) is 0 Å². The second kappa shape index (κ2) is 6.62. The van der Waals surface area contributed by atoms with Crippen LogP contribution in [-0.2, 0) is 22.8 Å². The van der Waals surface area contributed by atoms with E-state index in [4.69, 9.17) is 5.73 Å². The van der Waals surface area contributed by atoms with Gasteiger partial charge in [-0.15, -0.1) is 0 Å². The Labute approximate surface area is 126 Å². The number of sulfone groups is 1. The van der Waals surface area contributed by atoms with E-state index in [-0.39, 0.29) is 17.5 Å². The molecule has 1 atom stereocenters. The number of aromatic nitrogens is 1. The van der Waals surface area contributed by atoms with Crippen molar-refractivity contribution in [2.45, 2.75) is 39.3 Å². The highest BCUT2D eigenvalue weighted by molar-refractivity contribution is 7.91. The van der Waals surface area contributed by atoms with Gasteiger partial charge in [0.15, 0.2) is 0 Å². The first-order valence-corrected chi connectivity index (χ1v) is 9.28. The van der Waals surface area contributed by atoms with E-state index in [2.05, 4.69) is 22.8 Å². The minimum atomic E-state index is -2.89. The van der Waals surface area contributed by atoms with Crippen LogP contribution in [0.1, 0.15) is 25.8 Å². The molecule has 2 N–H and O–H groups in total. The van der Waals surface area contributed by atoms with E-state index in [1.807, 2.05) is 19.2 Å². The highest BCUT2D eigenvalue weighted by Crippen LogP contribution is 2.22. The lowest BCUT2D eigenvalue weighted by atomic mass is 10.0. The fourth-order valence-electron chi connectivity index (χ4n) is 2.64. The van der Waals surface area contributed by atoms with Crippen molar-refractivity contribution >= 4 is 20.7 Å². The molecule has 0 aliphatic carbocycles. The Kier molecular flexibility index (Phi) is 5.06. The summed E-state index contributed by atoms with van der Waals surface area (Å²) in [6, 6.07) is 8.42. The molecule has 0 spiro atoms. The predicted molar refractivity (Wildman–Crippen MR) is 88.2 cm³/mol. The van der Waals surface area contributed by atoms with Crippen LogP contribution in [0.5, 0.6) is 0 Å². The predicted octanol–water partition coefficient (Wildman–Crippen LogP) is 2.36. The Balaban J connectivity index is 2.20. The molecule has 21 heavy (non-hydrogen) atoms. The smallest absolute Gasteiger partial charge is 0.150 e. The summed E-state index contributed by atoms with van der Waals surface area (Å²) in [6.45, 7) is 4.42. The van der Waals surface area contributed by atoms with E-state index in [9.17, 15) is 8.42 Å². The summed E-state index contributed by atoms with van der Waals surface area (Å²) in [5, 5.41) is 1.19. The quantitative estimate of drug-likeness (QED) is 0.854. The molecule has 0 amide bonds. The molecule has 0 radical (unpaired) electrons. The van der Waals surface area contributed by atoms with E-state index in [1.165, 1.54) is 16.5 Å². The number of hydrogen-bond acceptors (Lipinski definition) is 3. The molecule has 1 aromatic heterocycles. The summed E-state index contributed by atoms with van der Waals surface area (Å²) in [4.78, 5) is 0. The van der Waals surface area contributed by atoms with Gasteiger partial charge in [0.1, 0.15) is 9.84 Å². The molecule has 2 rings (SSSR count). The van der Waals surface area contributed by atoms with Gasteiger partial charge in [-0.3, -0.25) is 0 Å². The van der Waals surface area contributed by atoms with Gasteiger partial charge in [-0.1, -0.05) is 25.1 Å². The molecule has 1 unspecified atom stereocenters. The molecule has 0 aliphatic rings. The summed E-state index contributed by atoms with van der Waals surface area (Å²) in [5.74, 6) is 0.466. The lowest BCUT2D eigenvalue weighted by molar-refractivity contribution is 0.589. The molecule has 0 fully saturated rings. The molecule has 2 aromatic rings. The van der Waals surface area contributed by atoms with Crippen LogP contribution in [0.25, 0.3) is 10.9 Å². The van der Waals surface area contributed by atoms with Gasteiger partial charge in [0, 0.05) is 24.5 Å². The number of benzene rings is 1. The molecule has 1 aromatic carbocycles. The summed E-state index contributed by atoms with van der Waals surface area (Å²) in [5.41, 5.74) is 8.33. The number of fused-ring (bicyclic) bond motifs is 1. The minimum Gasteiger partial charge on any atom is -0.347 e. The molecule has 5 heteroatoms. The highest BCUT2D eigenvalue weighted by Gasteiger charge is 2.10. The summed E-state index contributed by atoms with van der Waals surface area (Å²) in [6.07, 6.45) is 3.51. The fraction of sp³-hybridized carbons (Fsp3) is 0.500. The maximum Gasteiger partial charge on any atom is 0.150 e. The summed E-state index contributed by atoms with van der Waals surface area (Å²) >= 11 is 0. The molecule has 1 heterocycles. The number of hydrogen-bond donors (Lipinski definition) is 1. The highest BCUT2D eigenvalue weighted by atomic mass is 32.2. The Morgan fingerprint density at radius 3 is 2.71 bits per heavy atom. The maximum atomic E-state index is 11.6. The first-order chi connectivity index (χ1) is 9.93. The van der Waals surface area contributed by atoms with Gasteiger partial charge in [0.05, 0.1) is 11.3 Å². The monoisotopic (exact) mass is 308 g/mol. The normalized spacial score (nSPS) is 13.7. The van der Waals surface area contributed by atoms with Crippen LogP contribution in [0.15, 0.2) is 30.5 Å². The fourth-order valence-corrected chi connectivity index (χ4v) is 3.50. The number of aryl methyl sites for hydroxylation is 1. The van der Waals surface area contributed by atoms with Crippen LogP contribution in [0.4, 0.5) is 0 Å². The van der Waals surface area contributed by atoms with Gasteiger partial charge in [0.2, 0.25) is 0 Å². The van der Waals surface area contributed by atoms with Gasteiger partial charge in [-0.05, 0) is 36.8 Å². The molecule has 0 saturated heterocycles. The molecular formula is C16H24N2O2S. The number of nitrogens with zero attached hydrogens (tertiary/aromatic N) is 1. The van der Waals surface area contributed by atoms with E-state index in [0.29, 0.717) is 6.42 Å². The summed E-state index contributed by atoms with van der Waals surface area (Å²) in [7, 11) is -2.89. The van der Waals surface area contributed by atoms with Crippen LogP contribution in [-0.4, -0.2) is 30.5 Å². The SMILES string of the molecule is CCS(=O)(=O)CCCn1ccc2cccc(CC(C)N)c21. The van der Waals surface area contributed by atoms with Crippen molar-refractivity contribution in [1.82, 2.24) is 4.57 Å². The van der Waals surface area contributed by atoms with Crippen LogP contribution in [0.3, 0.4) is 0 Å². The van der Waals surface area contributed by atoms with Crippen LogP contribution < -0.4 is 5.73 Å². The Bertz CT molecular complexity index is 702. The van der Waals surface area contributed by atoms with Crippen molar-refractivity contribution in [2.24, 2.45) is 5.73 Å². The lowest BCUT2D eigenvalue weighted by Gasteiger charge is -2.11. The van der Waals surface area contributed by atoms with Gasteiger partial charge in [-0.2, -0.15) is 0 Å². The van der Waals surface area contributed by atoms with Crippen LogP contribution >= 0.6 is 0 Å². The molecule has 0 saturated carbocycles. The van der Waals surface area contributed by atoms with E-state index >= 15 is 0 Å². The number of nitrogens with two attached hydrogens (primary N) is 1. The second-order valence-corrected chi connectivity index (χ2v) is 8.11. The molecule has 116 valence electrons. The molecular weight excluding hydrogens is 284 g/mol. The molecule has 0 bridgehead atoms. The largest absolute Gasteiger partial charge is 0.347 e. The Hall–Kier alpha value is -1.33.